The second-order valence-corrected chi connectivity index (χ2v) is 7.24. The number of amides is 1. The molecular formula is C18H24ClN3O5S. The van der Waals surface area contributed by atoms with Crippen LogP contribution >= 0.6 is 12.4 Å². The first-order valence-electron chi connectivity index (χ1n) is 8.36. The van der Waals surface area contributed by atoms with Gasteiger partial charge in [-0.1, -0.05) is 24.3 Å². The van der Waals surface area contributed by atoms with E-state index >= 15 is 0 Å². The minimum absolute atomic E-state index is 0. The minimum atomic E-state index is -3.66. The van der Waals surface area contributed by atoms with Crippen LogP contribution in [0.4, 0.5) is 5.69 Å². The third-order valence-corrected chi connectivity index (χ3v) is 4.80. The van der Waals surface area contributed by atoms with E-state index in [4.69, 9.17) is 15.2 Å². The monoisotopic (exact) mass is 429 g/mol. The number of nitrogens with one attached hydrogen (secondary N) is 2. The van der Waals surface area contributed by atoms with Gasteiger partial charge in [-0.25, -0.2) is 13.1 Å². The number of hydrogen-bond donors (Lipinski definition) is 3. The Morgan fingerprint density at radius 3 is 2.50 bits per heavy atom. The molecule has 0 atom stereocenters. The lowest BCUT2D eigenvalue weighted by Gasteiger charge is -2.10. The van der Waals surface area contributed by atoms with Crippen molar-refractivity contribution < 1.29 is 22.7 Å². The molecule has 0 aliphatic rings. The standard InChI is InChI=1S/C18H23N3O5S.ClH/c19-9-10-20-27(23,24)17-8-4-5-15(13-17)21-18(22)14-25-11-12-26-16-6-2-1-3-7-16;/h1-8,13,20H,9-12,14,19H2,(H,21,22);1H. The van der Waals surface area contributed by atoms with Crippen molar-refractivity contribution in [1.82, 2.24) is 4.72 Å². The van der Waals surface area contributed by atoms with Gasteiger partial charge in [-0.15, -0.1) is 12.4 Å². The lowest BCUT2D eigenvalue weighted by atomic mass is 10.3. The Balaban J connectivity index is 0.00000392. The van der Waals surface area contributed by atoms with Crippen molar-refractivity contribution in [1.29, 1.82) is 0 Å². The summed E-state index contributed by atoms with van der Waals surface area (Å²) >= 11 is 0. The zero-order valence-electron chi connectivity index (χ0n) is 15.2. The van der Waals surface area contributed by atoms with Crippen LogP contribution in [0.2, 0.25) is 0 Å². The Kier molecular flexibility index (Phi) is 10.5. The van der Waals surface area contributed by atoms with Crippen molar-refractivity contribution in [3.05, 3.63) is 54.6 Å². The largest absolute Gasteiger partial charge is 0.491 e. The molecule has 0 bridgehead atoms. The lowest BCUT2D eigenvalue weighted by Crippen LogP contribution is -2.29. The SMILES string of the molecule is Cl.NCCNS(=O)(=O)c1cccc(NC(=O)COCCOc2ccccc2)c1. The summed E-state index contributed by atoms with van der Waals surface area (Å²) in [5, 5.41) is 2.60. The predicted molar refractivity (Wildman–Crippen MR) is 109 cm³/mol. The minimum Gasteiger partial charge on any atom is -0.491 e. The van der Waals surface area contributed by atoms with Gasteiger partial charge < -0.3 is 20.5 Å². The molecule has 0 saturated carbocycles. The Hall–Kier alpha value is -2.17. The molecule has 0 spiro atoms. The molecule has 0 radical (unpaired) electrons. The van der Waals surface area contributed by atoms with Gasteiger partial charge >= 0.3 is 0 Å². The molecular weight excluding hydrogens is 406 g/mol. The van der Waals surface area contributed by atoms with Crippen LogP contribution < -0.4 is 20.5 Å². The topological polar surface area (TPSA) is 120 Å². The van der Waals surface area contributed by atoms with E-state index < -0.39 is 10.0 Å². The third-order valence-electron chi connectivity index (χ3n) is 3.34. The molecule has 2 rings (SSSR count). The van der Waals surface area contributed by atoms with E-state index in [1.807, 2.05) is 30.3 Å². The smallest absolute Gasteiger partial charge is 0.250 e. The molecule has 4 N–H and O–H groups in total. The summed E-state index contributed by atoms with van der Waals surface area (Å²) in [5.41, 5.74) is 5.66. The van der Waals surface area contributed by atoms with E-state index in [-0.39, 0.29) is 49.5 Å². The summed E-state index contributed by atoms with van der Waals surface area (Å²) < 4.78 is 37.2. The molecule has 8 nitrogen and oxygen atoms in total. The van der Waals surface area contributed by atoms with Crippen LogP contribution in [0.15, 0.2) is 59.5 Å². The number of ether oxygens (including phenoxy) is 2. The number of benzene rings is 2. The lowest BCUT2D eigenvalue weighted by molar-refractivity contribution is -0.120. The molecule has 2 aromatic rings. The van der Waals surface area contributed by atoms with Crippen LogP contribution in [0.3, 0.4) is 0 Å². The number of carbonyl (C=O) groups excluding carboxylic acids is 1. The summed E-state index contributed by atoms with van der Waals surface area (Å²) in [4.78, 5) is 12.0. The summed E-state index contributed by atoms with van der Waals surface area (Å²) in [6, 6.07) is 15.2. The number of para-hydroxylation sites is 1. The molecule has 1 amide bonds. The van der Waals surface area contributed by atoms with E-state index in [1.165, 1.54) is 12.1 Å². The van der Waals surface area contributed by atoms with Crippen molar-refractivity contribution in [3.63, 3.8) is 0 Å². The van der Waals surface area contributed by atoms with Crippen molar-refractivity contribution >= 4 is 34.0 Å². The van der Waals surface area contributed by atoms with Gasteiger partial charge in [0, 0.05) is 18.8 Å². The van der Waals surface area contributed by atoms with E-state index in [0.717, 1.165) is 5.75 Å². The molecule has 28 heavy (non-hydrogen) atoms. The van der Waals surface area contributed by atoms with Gasteiger partial charge in [0.15, 0.2) is 0 Å². The fourth-order valence-corrected chi connectivity index (χ4v) is 3.21. The van der Waals surface area contributed by atoms with E-state index in [2.05, 4.69) is 10.0 Å². The Labute approximate surface area is 170 Å². The highest BCUT2D eigenvalue weighted by molar-refractivity contribution is 7.89. The molecule has 0 aromatic heterocycles. The fourth-order valence-electron chi connectivity index (χ4n) is 2.11. The summed E-state index contributed by atoms with van der Waals surface area (Å²) in [7, 11) is -3.66. The summed E-state index contributed by atoms with van der Waals surface area (Å²) in [6.45, 7) is 0.733. The van der Waals surface area contributed by atoms with Gasteiger partial charge in [0.2, 0.25) is 15.9 Å². The number of sulfonamides is 1. The maximum absolute atomic E-state index is 12.1. The van der Waals surface area contributed by atoms with Crippen LogP contribution in [0.5, 0.6) is 5.75 Å². The van der Waals surface area contributed by atoms with Crippen LogP contribution in [0, 0.1) is 0 Å². The Morgan fingerprint density at radius 2 is 1.79 bits per heavy atom. The maximum atomic E-state index is 12.1. The van der Waals surface area contributed by atoms with Gasteiger partial charge in [0.25, 0.3) is 0 Å². The van der Waals surface area contributed by atoms with Crippen LogP contribution in [-0.4, -0.2) is 47.2 Å². The third kappa shape index (κ3) is 8.24. The van der Waals surface area contributed by atoms with Crippen LogP contribution in [0.25, 0.3) is 0 Å². The first-order valence-corrected chi connectivity index (χ1v) is 9.85. The van der Waals surface area contributed by atoms with Gasteiger partial charge in [-0.05, 0) is 30.3 Å². The summed E-state index contributed by atoms with van der Waals surface area (Å²) in [5.74, 6) is 0.339. The quantitative estimate of drug-likeness (QED) is 0.464. The molecule has 2 aromatic carbocycles. The Morgan fingerprint density at radius 1 is 1.04 bits per heavy atom. The van der Waals surface area contributed by atoms with Gasteiger partial charge in [0.1, 0.15) is 19.0 Å². The number of anilines is 1. The number of nitrogens with two attached hydrogens (primary N) is 1. The highest BCUT2D eigenvalue weighted by Gasteiger charge is 2.14. The molecule has 0 aliphatic heterocycles. The van der Waals surface area contributed by atoms with E-state index in [1.54, 1.807) is 12.1 Å². The number of hydrogen-bond acceptors (Lipinski definition) is 6. The average molecular weight is 430 g/mol. The second-order valence-electron chi connectivity index (χ2n) is 5.48. The number of halogens is 1. The number of rotatable bonds is 11. The van der Waals surface area contributed by atoms with Crippen LogP contribution in [0.1, 0.15) is 0 Å². The van der Waals surface area contributed by atoms with Crippen LogP contribution in [-0.2, 0) is 19.6 Å². The molecule has 0 fully saturated rings. The average Bonchev–Trinajstić information content (AvgIpc) is 2.67. The van der Waals surface area contributed by atoms with E-state index in [9.17, 15) is 13.2 Å². The van der Waals surface area contributed by atoms with Gasteiger partial charge in [0.05, 0.1) is 11.5 Å². The predicted octanol–water partition coefficient (Wildman–Crippen LogP) is 1.38. The molecule has 0 aliphatic carbocycles. The van der Waals surface area contributed by atoms with Gasteiger partial charge in [-0.3, -0.25) is 4.79 Å². The first-order chi connectivity index (χ1) is 13.0. The molecule has 0 saturated heterocycles. The first kappa shape index (κ1) is 23.9. The second kappa shape index (κ2) is 12.3. The van der Waals surface area contributed by atoms with Crippen molar-refractivity contribution in [3.8, 4) is 5.75 Å². The summed E-state index contributed by atoms with van der Waals surface area (Å²) in [6.07, 6.45) is 0. The fraction of sp³-hybridized carbons (Fsp3) is 0.278. The molecule has 10 heteroatoms. The highest BCUT2D eigenvalue weighted by atomic mass is 35.5. The van der Waals surface area contributed by atoms with Crippen molar-refractivity contribution in [2.75, 3.05) is 38.2 Å². The zero-order valence-corrected chi connectivity index (χ0v) is 16.8. The molecule has 0 heterocycles. The highest BCUT2D eigenvalue weighted by Crippen LogP contribution is 2.15. The molecule has 154 valence electrons. The van der Waals surface area contributed by atoms with Crippen molar-refractivity contribution in [2.45, 2.75) is 4.90 Å². The zero-order chi connectivity index (χ0) is 19.5. The normalized spacial score (nSPS) is 10.8. The molecule has 0 unspecified atom stereocenters. The Bertz CT molecular complexity index is 834. The van der Waals surface area contributed by atoms with Crippen molar-refractivity contribution in [2.24, 2.45) is 5.73 Å². The number of carbonyl (C=O) groups is 1. The van der Waals surface area contributed by atoms with E-state index in [0.29, 0.717) is 12.3 Å². The maximum Gasteiger partial charge on any atom is 0.250 e. The van der Waals surface area contributed by atoms with Gasteiger partial charge in [-0.2, -0.15) is 0 Å².